The highest BCUT2D eigenvalue weighted by atomic mass is 32.2. The lowest BCUT2D eigenvalue weighted by atomic mass is 10.2. The fourth-order valence-corrected chi connectivity index (χ4v) is 2.26. The van der Waals surface area contributed by atoms with Crippen LogP contribution in [0, 0.1) is 0 Å². The summed E-state index contributed by atoms with van der Waals surface area (Å²) in [5.74, 6) is -0.138. The number of nitrogen functional groups attached to an aromatic ring is 1. The summed E-state index contributed by atoms with van der Waals surface area (Å²) in [6.45, 7) is 4.27. The van der Waals surface area contributed by atoms with Crippen molar-refractivity contribution >= 4 is 27.3 Å². The van der Waals surface area contributed by atoms with Gasteiger partial charge in [-0.05, 0) is 31.5 Å². The van der Waals surface area contributed by atoms with Gasteiger partial charge in [0.25, 0.3) is 0 Å². The van der Waals surface area contributed by atoms with Crippen molar-refractivity contribution in [1.29, 1.82) is 0 Å². The minimum atomic E-state index is -3.84. The highest BCUT2D eigenvalue weighted by Gasteiger charge is 2.15. The third-order valence-corrected chi connectivity index (χ3v) is 3.63. The standard InChI is InChI=1S/C12H20N4O3S/c1-3-6-15-12(17)8(2)16-9-4-5-11(10(13)7-9)20(14,18)19/h4-5,7-8,16H,3,6,13H2,1-2H3,(H,15,17)(H2,14,18,19). The summed E-state index contributed by atoms with van der Waals surface area (Å²) in [4.78, 5) is 11.6. The molecule has 0 bridgehead atoms. The van der Waals surface area contributed by atoms with E-state index in [1.165, 1.54) is 18.2 Å². The van der Waals surface area contributed by atoms with Crippen molar-refractivity contribution in [2.45, 2.75) is 31.2 Å². The number of amides is 1. The van der Waals surface area contributed by atoms with Gasteiger partial charge in [-0.2, -0.15) is 0 Å². The van der Waals surface area contributed by atoms with Gasteiger partial charge < -0.3 is 16.4 Å². The number of hydrogen-bond donors (Lipinski definition) is 4. The molecule has 0 aliphatic rings. The molecular weight excluding hydrogens is 280 g/mol. The Balaban J connectivity index is 2.80. The Bertz CT molecular complexity index is 586. The molecule has 112 valence electrons. The number of carbonyl (C=O) groups excluding carboxylic acids is 1. The molecule has 1 unspecified atom stereocenters. The normalized spacial score (nSPS) is 12.8. The number of carbonyl (C=O) groups is 1. The fourth-order valence-electron chi connectivity index (χ4n) is 1.61. The van der Waals surface area contributed by atoms with Crippen molar-refractivity contribution < 1.29 is 13.2 Å². The van der Waals surface area contributed by atoms with Crippen LogP contribution in [0.15, 0.2) is 23.1 Å². The second kappa shape index (κ2) is 6.58. The van der Waals surface area contributed by atoms with E-state index in [2.05, 4.69) is 10.6 Å². The average molecular weight is 300 g/mol. The molecule has 0 spiro atoms. The summed E-state index contributed by atoms with van der Waals surface area (Å²) in [5, 5.41) is 10.7. The highest BCUT2D eigenvalue weighted by Crippen LogP contribution is 2.21. The van der Waals surface area contributed by atoms with E-state index in [4.69, 9.17) is 10.9 Å². The van der Waals surface area contributed by atoms with E-state index in [1.54, 1.807) is 6.92 Å². The van der Waals surface area contributed by atoms with Gasteiger partial charge in [-0.15, -0.1) is 0 Å². The number of benzene rings is 1. The van der Waals surface area contributed by atoms with Crippen LogP contribution in [0.2, 0.25) is 0 Å². The van der Waals surface area contributed by atoms with E-state index < -0.39 is 16.1 Å². The van der Waals surface area contributed by atoms with Crippen LogP contribution in [0.3, 0.4) is 0 Å². The molecule has 1 aromatic rings. The molecule has 0 radical (unpaired) electrons. The van der Waals surface area contributed by atoms with E-state index >= 15 is 0 Å². The molecule has 1 rings (SSSR count). The summed E-state index contributed by atoms with van der Waals surface area (Å²) in [6.07, 6.45) is 0.856. The van der Waals surface area contributed by atoms with Gasteiger partial charge in [0.1, 0.15) is 10.9 Å². The number of anilines is 2. The third-order valence-electron chi connectivity index (χ3n) is 2.64. The Labute approximate surface area is 118 Å². The molecule has 1 aromatic carbocycles. The first kappa shape index (κ1) is 16.3. The molecule has 8 heteroatoms. The van der Waals surface area contributed by atoms with Gasteiger partial charge in [-0.25, -0.2) is 13.6 Å². The van der Waals surface area contributed by atoms with Crippen LogP contribution in [0.1, 0.15) is 20.3 Å². The minimum Gasteiger partial charge on any atom is -0.398 e. The molecule has 0 aliphatic heterocycles. The molecule has 0 heterocycles. The van der Waals surface area contributed by atoms with Gasteiger partial charge in [0.15, 0.2) is 0 Å². The Morgan fingerprint density at radius 2 is 2.05 bits per heavy atom. The maximum Gasteiger partial charge on any atom is 0.242 e. The molecule has 6 N–H and O–H groups in total. The van der Waals surface area contributed by atoms with Crippen molar-refractivity contribution in [3.8, 4) is 0 Å². The van der Waals surface area contributed by atoms with Crippen LogP contribution in [0.5, 0.6) is 0 Å². The lowest BCUT2D eigenvalue weighted by molar-refractivity contribution is -0.121. The van der Waals surface area contributed by atoms with E-state index in [0.29, 0.717) is 12.2 Å². The maximum absolute atomic E-state index is 11.7. The number of nitrogens with two attached hydrogens (primary N) is 2. The zero-order valence-corrected chi connectivity index (χ0v) is 12.3. The van der Waals surface area contributed by atoms with Gasteiger partial charge in [0.2, 0.25) is 15.9 Å². The number of nitrogens with one attached hydrogen (secondary N) is 2. The molecular formula is C12H20N4O3S. The first-order valence-electron chi connectivity index (χ1n) is 6.22. The van der Waals surface area contributed by atoms with Crippen molar-refractivity contribution in [2.24, 2.45) is 5.14 Å². The lowest BCUT2D eigenvalue weighted by Gasteiger charge is -2.16. The van der Waals surface area contributed by atoms with Crippen LogP contribution in [-0.2, 0) is 14.8 Å². The second-order valence-corrected chi connectivity index (χ2v) is 5.98. The molecule has 0 aliphatic carbocycles. The Hall–Kier alpha value is -1.80. The molecule has 7 nitrogen and oxygen atoms in total. The predicted octanol–water partition coefficient (Wildman–Crippen LogP) is 0.243. The smallest absolute Gasteiger partial charge is 0.242 e. The quantitative estimate of drug-likeness (QED) is 0.560. The van der Waals surface area contributed by atoms with E-state index in [1.807, 2.05) is 6.92 Å². The zero-order chi connectivity index (χ0) is 15.3. The van der Waals surface area contributed by atoms with Gasteiger partial charge >= 0.3 is 0 Å². The molecule has 0 saturated carbocycles. The Kier molecular flexibility index (Phi) is 5.34. The van der Waals surface area contributed by atoms with Crippen LogP contribution in [0.25, 0.3) is 0 Å². The van der Waals surface area contributed by atoms with Crippen molar-refractivity contribution in [3.63, 3.8) is 0 Å². The van der Waals surface area contributed by atoms with Crippen molar-refractivity contribution in [3.05, 3.63) is 18.2 Å². The van der Waals surface area contributed by atoms with E-state index in [-0.39, 0.29) is 16.5 Å². The van der Waals surface area contributed by atoms with Crippen LogP contribution < -0.4 is 21.5 Å². The number of rotatable bonds is 6. The molecule has 1 amide bonds. The maximum atomic E-state index is 11.7. The largest absolute Gasteiger partial charge is 0.398 e. The van der Waals surface area contributed by atoms with Gasteiger partial charge in [-0.3, -0.25) is 4.79 Å². The second-order valence-electron chi connectivity index (χ2n) is 4.45. The molecule has 20 heavy (non-hydrogen) atoms. The van der Waals surface area contributed by atoms with Crippen LogP contribution in [0.4, 0.5) is 11.4 Å². The zero-order valence-electron chi connectivity index (χ0n) is 11.5. The van der Waals surface area contributed by atoms with Crippen molar-refractivity contribution in [1.82, 2.24) is 5.32 Å². The first-order valence-corrected chi connectivity index (χ1v) is 7.77. The SMILES string of the molecule is CCCNC(=O)C(C)Nc1ccc(S(N)(=O)=O)c(N)c1. The summed E-state index contributed by atoms with van der Waals surface area (Å²) >= 11 is 0. The monoisotopic (exact) mass is 300 g/mol. The van der Waals surface area contributed by atoms with Gasteiger partial charge in [-0.1, -0.05) is 6.92 Å². The first-order chi connectivity index (χ1) is 9.25. The fraction of sp³-hybridized carbons (Fsp3) is 0.417. The number of hydrogen-bond acceptors (Lipinski definition) is 5. The van der Waals surface area contributed by atoms with E-state index in [9.17, 15) is 13.2 Å². The van der Waals surface area contributed by atoms with Gasteiger partial charge in [0.05, 0.1) is 5.69 Å². The minimum absolute atomic E-state index is 0.0404. The summed E-state index contributed by atoms with van der Waals surface area (Å²) in [7, 11) is -3.84. The summed E-state index contributed by atoms with van der Waals surface area (Å²) < 4.78 is 22.5. The summed E-state index contributed by atoms with van der Waals surface area (Å²) in [5.41, 5.74) is 6.23. The van der Waals surface area contributed by atoms with Crippen LogP contribution in [-0.4, -0.2) is 26.9 Å². The topological polar surface area (TPSA) is 127 Å². The molecule has 0 fully saturated rings. The Morgan fingerprint density at radius 3 is 2.55 bits per heavy atom. The van der Waals surface area contributed by atoms with Crippen molar-refractivity contribution in [2.75, 3.05) is 17.6 Å². The van der Waals surface area contributed by atoms with Gasteiger partial charge in [0, 0.05) is 12.2 Å². The molecule has 0 saturated heterocycles. The Morgan fingerprint density at radius 1 is 1.40 bits per heavy atom. The molecule has 1 atom stereocenters. The third kappa shape index (κ3) is 4.39. The summed E-state index contributed by atoms with van der Waals surface area (Å²) in [6, 6.07) is 3.80. The average Bonchev–Trinajstić information content (AvgIpc) is 2.34. The number of primary sulfonamides is 1. The highest BCUT2D eigenvalue weighted by molar-refractivity contribution is 7.89. The molecule has 0 aromatic heterocycles. The van der Waals surface area contributed by atoms with E-state index in [0.717, 1.165) is 6.42 Å². The number of sulfonamides is 1. The lowest BCUT2D eigenvalue weighted by Crippen LogP contribution is -2.37. The predicted molar refractivity (Wildman–Crippen MR) is 78.6 cm³/mol. The van der Waals surface area contributed by atoms with Crippen LogP contribution >= 0.6 is 0 Å².